The third kappa shape index (κ3) is 2.61. The van der Waals surface area contributed by atoms with Crippen LogP contribution in [0.15, 0.2) is 18.2 Å². The number of rotatable bonds is 3. The lowest BCUT2D eigenvalue weighted by molar-refractivity contribution is 0.235. The highest BCUT2D eigenvalue weighted by molar-refractivity contribution is 5.79. The number of hydrogen-bond donors (Lipinski definition) is 2. The molecule has 5 heteroatoms. The number of benzene rings is 1. The van der Waals surface area contributed by atoms with E-state index in [0.717, 1.165) is 31.9 Å². The summed E-state index contributed by atoms with van der Waals surface area (Å²) in [6, 6.07) is 5.70. The maximum atomic E-state index is 12.2. The van der Waals surface area contributed by atoms with Crippen molar-refractivity contribution < 1.29 is 4.39 Å². The molecule has 17 heavy (non-hydrogen) atoms. The molecule has 1 saturated heterocycles. The third-order valence-electron chi connectivity index (χ3n) is 3.23. The number of para-hydroxylation sites is 1. The van der Waals surface area contributed by atoms with Gasteiger partial charge in [-0.25, -0.2) is 4.39 Å². The Morgan fingerprint density at radius 1 is 1.12 bits per heavy atom. The van der Waals surface area contributed by atoms with Crippen LogP contribution in [0.4, 0.5) is 21.5 Å². The zero-order valence-corrected chi connectivity index (χ0v) is 9.90. The van der Waals surface area contributed by atoms with Crippen LogP contribution in [0.25, 0.3) is 0 Å². The van der Waals surface area contributed by atoms with Gasteiger partial charge < -0.3 is 16.4 Å². The molecule has 0 bridgehead atoms. The smallest absolute Gasteiger partial charge is 0.102 e. The van der Waals surface area contributed by atoms with Crippen molar-refractivity contribution in [3.8, 4) is 0 Å². The van der Waals surface area contributed by atoms with Crippen LogP contribution in [-0.2, 0) is 0 Å². The topological polar surface area (TPSA) is 58.5 Å². The summed E-state index contributed by atoms with van der Waals surface area (Å²) < 4.78 is 12.2. The molecule has 0 saturated carbocycles. The molecule has 0 aliphatic carbocycles. The third-order valence-corrected chi connectivity index (χ3v) is 3.23. The molecule has 0 aromatic heterocycles. The lowest BCUT2D eigenvalue weighted by Crippen LogP contribution is -2.47. The van der Waals surface area contributed by atoms with Gasteiger partial charge in [0, 0.05) is 32.7 Å². The van der Waals surface area contributed by atoms with E-state index in [9.17, 15) is 4.39 Å². The molecule has 1 aromatic carbocycles. The Morgan fingerprint density at radius 2 is 1.82 bits per heavy atom. The van der Waals surface area contributed by atoms with Crippen molar-refractivity contribution in [2.75, 3.05) is 55.8 Å². The molecule has 0 unspecified atom stereocenters. The van der Waals surface area contributed by atoms with Crippen molar-refractivity contribution >= 4 is 17.1 Å². The van der Waals surface area contributed by atoms with Gasteiger partial charge in [0.1, 0.15) is 6.67 Å². The minimum absolute atomic E-state index is 0.277. The van der Waals surface area contributed by atoms with E-state index in [2.05, 4.69) is 9.80 Å². The predicted molar refractivity (Wildman–Crippen MR) is 69.9 cm³/mol. The SMILES string of the molecule is Nc1cccc(N2CCN(CCF)CC2)c1N. The zero-order chi connectivity index (χ0) is 12.3. The molecule has 4 N–H and O–H groups in total. The molecule has 4 nitrogen and oxygen atoms in total. The van der Waals surface area contributed by atoms with Gasteiger partial charge in [-0.3, -0.25) is 4.90 Å². The standard InChI is InChI=1S/C12H19FN4/c13-4-5-16-6-8-17(9-7-16)11-3-1-2-10(14)12(11)15/h1-3H,4-9,14-15H2. The van der Waals surface area contributed by atoms with Gasteiger partial charge in [0.2, 0.25) is 0 Å². The van der Waals surface area contributed by atoms with Crippen LogP contribution in [0.2, 0.25) is 0 Å². The number of halogens is 1. The fraction of sp³-hybridized carbons (Fsp3) is 0.500. The second kappa shape index (κ2) is 5.23. The van der Waals surface area contributed by atoms with Crippen molar-refractivity contribution in [3.05, 3.63) is 18.2 Å². The van der Waals surface area contributed by atoms with Gasteiger partial charge in [-0.15, -0.1) is 0 Å². The fourth-order valence-corrected chi connectivity index (χ4v) is 2.18. The van der Waals surface area contributed by atoms with Crippen molar-refractivity contribution in [3.63, 3.8) is 0 Å². The van der Waals surface area contributed by atoms with E-state index in [4.69, 9.17) is 11.5 Å². The van der Waals surface area contributed by atoms with Crippen LogP contribution in [-0.4, -0.2) is 44.3 Å². The van der Waals surface area contributed by atoms with Crippen LogP contribution in [0.1, 0.15) is 0 Å². The van der Waals surface area contributed by atoms with Gasteiger partial charge in [0.05, 0.1) is 17.1 Å². The predicted octanol–water partition coefficient (Wildman–Crippen LogP) is 0.943. The molecule has 1 heterocycles. The monoisotopic (exact) mass is 238 g/mol. The highest BCUT2D eigenvalue weighted by Gasteiger charge is 2.18. The Hall–Kier alpha value is -1.49. The average Bonchev–Trinajstić information content (AvgIpc) is 2.34. The molecular weight excluding hydrogens is 219 g/mol. The second-order valence-electron chi connectivity index (χ2n) is 4.30. The number of hydrogen-bond acceptors (Lipinski definition) is 4. The lowest BCUT2D eigenvalue weighted by atomic mass is 10.2. The first-order valence-electron chi connectivity index (χ1n) is 5.89. The summed E-state index contributed by atoms with van der Waals surface area (Å²) >= 11 is 0. The Morgan fingerprint density at radius 3 is 2.47 bits per heavy atom. The van der Waals surface area contributed by atoms with E-state index < -0.39 is 0 Å². The summed E-state index contributed by atoms with van der Waals surface area (Å²) in [6.45, 7) is 3.73. The van der Waals surface area contributed by atoms with Crippen molar-refractivity contribution in [2.24, 2.45) is 0 Å². The lowest BCUT2D eigenvalue weighted by Gasteiger charge is -2.36. The van der Waals surface area contributed by atoms with E-state index >= 15 is 0 Å². The number of alkyl halides is 1. The first kappa shape index (κ1) is 12.0. The average molecular weight is 238 g/mol. The van der Waals surface area contributed by atoms with E-state index in [1.807, 2.05) is 12.1 Å². The molecular formula is C12H19FN4. The molecule has 0 atom stereocenters. The van der Waals surface area contributed by atoms with E-state index in [1.165, 1.54) is 0 Å². The highest BCUT2D eigenvalue weighted by Crippen LogP contribution is 2.28. The maximum Gasteiger partial charge on any atom is 0.102 e. The van der Waals surface area contributed by atoms with Crippen LogP contribution < -0.4 is 16.4 Å². The summed E-state index contributed by atoms with van der Waals surface area (Å²) in [5.74, 6) is 0. The number of nitrogen functional groups attached to an aromatic ring is 2. The van der Waals surface area contributed by atoms with Crippen LogP contribution in [0, 0.1) is 0 Å². The Labute approximate surface area is 101 Å². The highest BCUT2D eigenvalue weighted by atomic mass is 19.1. The largest absolute Gasteiger partial charge is 0.397 e. The van der Waals surface area contributed by atoms with Crippen LogP contribution in [0.3, 0.4) is 0 Å². The Balaban J connectivity index is 2.03. The Kier molecular flexibility index (Phi) is 3.68. The van der Waals surface area contributed by atoms with Gasteiger partial charge in [0.25, 0.3) is 0 Å². The Bertz CT molecular complexity index is 375. The molecule has 0 radical (unpaired) electrons. The van der Waals surface area contributed by atoms with Gasteiger partial charge >= 0.3 is 0 Å². The van der Waals surface area contributed by atoms with Crippen LogP contribution >= 0.6 is 0 Å². The molecule has 1 aliphatic rings. The second-order valence-corrected chi connectivity index (χ2v) is 4.30. The van der Waals surface area contributed by atoms with Gasteiger partial charge in [-0.05, 0) is 12.1 Å². The van der Waals surface area contributed by atoms with Crippen molar-refractivity contribution in [1.29, 1.82) is 0 Å². The molecule has 0 spiro atoms. The van der Waals surface area contributed by atoms with Gasteiger partial charge in [-0.2, -0.15) is 0 Å². The summed E-state index contributed by atoms with van der Waals surface area (Å²) in [6.07, 6.45) is 0. The van der Waals surface area contributed by atoms with E-state index in [0.29, 0.717) is 17.9 Å². The molecule has 1 aromatic rings. The number of piperazine rings is 1. The number of nitrogens with zero attached hydrogens (tertiary/aromatic N) is 2. The first-order valence-corrected chi connectivity index (χ1v) is 5.89. The number of anilines is 3. The van der Waals surface area contributed by atoms with Gasteiger partial charge in [-0.1, -0.05) is 6.07 Å². The fourth-order valence-electron chi connectivity index (χ4n) is 2.18. The molecule has 2 rings (SSSR count). The van der Waals surface area contributed by atoms with Crippen molar-refractivity contribution in [2.45, 2.75) is 0 Å². The molecule has 1 aliphatic heterocycles. The zero-order valence-electron chi connectivity index (χ0n) is 9.90. The number of nitrogens with two attached hydrogens (primary N) is 2. The summed E-state index contributed by atoms with van der Waals surface area (Å²) in [4.78, 5) is 4.33. The van der Waals surface area contributed by atoms with Gasteiger partial charge in [0.15, 0.2) is 0 Å². The minimum atomic E-state index is -0.277. The minimum Gasteiger partial charge on any atom is -0.397 e. The van der Waals surface area contributed by atoms with E-state index in [-0.39, 0.29) is 6.67 Å². The normalized spacial score (nSPS) is 17.4. The molecule has 1 fully saturated rings. The summed E-state index contributed by atoms with van der Waals surface area (Å²) in [5, 5.41) is 0. The summed E-state index contributed by atoms with van der Waals surface area (Å²) in [5.41, 5.74) is 14.0. The molecule has 94 valence electrons. The quantitative estimate of drug-likeness (QED) is 0.770. The molecule has 0 amide bonds. The summed E-state index contributed by atoms with van der Waals surface area (Å²) in [7, 11) is 0. The van der Waals surface area contributed by atoms with E-state index in [1.54, 1.807) is 6.07 Å². The van der Waals surface area contributed by atoms with Crippen molar-refractivity contribution in [1.82, 2.24) is 4.90 Å². The first-order chi connectivity index (χ1) is 8.22. The van der Waals surface area contributed by atoms with Crippen LogP contribution in [0.5, 0.6) is 0 Å². The maximum absolute atomic E-state index is 12.2.